The Kier molecular flexibility index (Phi) is 4.48. The number of rotatable bonds is 4. The van der Waals surface area contributed by atoms with Gasteiger partial charge in [0.15, 0.2) is 0 Å². The zero-order valence-corrected chi connectivity index (χ0v) is 11.3. The van der Waals surface area contributed by atoms with Crippen LogP contribution in [0.3, 0.4) is 0 Å². The summed E-state index contributed by atoms with van der Waals surface area (Å²) in [5.74, 6) is 2.47. The maximum absolute atomic E-state index is 6.12. The van der Waals surface area contributed by atoms with Crippen molar-refractivity contribution in [3.63, 3.8) is 0 Å². The molecule has 3 nitrogen and oxygen atoms in total. The highest BCUT2D eigenvalue weighted by molar-refractivity contribution is 5.31. The summed E-state index contributed by atoms with van der Waals surface area (Å²) in [7, 11) is 0. The summed E-state index contributed by atoms with van der Waals surface area (Å²) in [5, 5.41) is 0. The third kappa shape index (κ3) is 3.39. The smallest absolute Gasteiger partial charge is 0.120 e. The maximum atomic E-state index is 6.12. The summed E-state index contributed by atoms with van der Waals surface area (Å²) in [6.07, 6.45) is 3.47. The molecule has 0 radical (unpaired) electrons. The molecule has 1 aromatic carbocycles. The van der Waals surface area contributed by atoms with E-state index in [2.05, 4.69) is 6.92 Å². The van der Waals surface area contributed by atoms with E-state index in [-0.39, 0.29) is 12.1 Å². The van der Waals surface area contributed by atoms with Crippen LogP contribution >= 0.6 is 0 Å². The first kappa shape index (κ1) is 13.2. The van der Waals surface area contributed by atoms with Gasteiger partial charge in [0.1, 0.15) is 17.6 Å². The van der Waals surface area contributed by atoms with E-state index in [1.54, 1.807) is 0 Å². The van der Waals surface area contributed by atoms with Crippen LogP contribution in [-0.2, 0) is 0 Å². The van der Waals surface area contributed by atoms with E-state index >= 15 is 0 Å². The normalized spacial score (nSPS) is 27.8. The molecule has 2 rings (SSSR count). The third-order valence-electron chi connectivity index (χ3n) is 3.53. The molecule has 100 valence electrons. The van der Waals surface area contributed by atoms with Crippen LogP contribution in [0.25, 0.3) is 0 Å². The Labute approximate surface area is 109 Å². The predicted molar refractivity (Wildman–Crippen MR) is 73.0 cm³/mol. The molecule has 3 heteroatoms. The van der Waals surface area contributed by atoms with Crippen molar-refractivity contribution in [2.75, 3.05) is 6.61 Å². The lowest BCUT2D eigenvalue weighted by atomic mass is 9.85. The second-order valence-electron chi connectivity index (χ2n) is 5.14. The SMILES string of the molecule is CCOc1ccc(OC2CC(C)CCC2N)cc1. The Hall–Kier alpha value is -1.22. The van der Waals surface area contributed by atoms with E-state index in [1.807, 2.05) is 31.2 Å². The van der Waals surface area contributed by atoms with Gasteiger partial charge in [-0.1, -0.05) is 6.92 Å². The molecule has 1 aromatic rings. The fraction of sp³-hybridized carbons (Fsp3) is 0.600. The monoisotopic (exact) mass is 249 g/mol. The predicted octanol–water partition coefficient (Wildman–Crippen LogP) is 2.98. The summed E-state index contributed by atoms with van der Waals surface area (Å²) in [4.78, 5) is 0. The number of nitrogens with two attached hydrogens (primary N) is 1. The fourth-order valence-electron chi connectivity index (χ4n) is 2.44. The third-order valence-corrected chi connectivity index (χ3v) is 3.53. The van der Waals surface area contributed by atoms with Crippen molar-refractivity contribution in [2.24, 2.45) is 11.7 Å². The Morgan fingerprint density at radius 3 is 2.50 bits per heavy atom. The van der Waals surface area contributed by atoms with Crippen molar-refractivity contribution in [1.29, 1.82) is 0 Å². The minimum atomic E-state index is 0.145. The summed E-state index contributed by atoms with van der Waals surface area (Å²) in [5.41, 5.74) is 6.12. The van der Waals surface area contributed by atoms with Gasteiger partial charge in [0.05, 0.1) is 6.61 Å². The van der Waals surface area contributed by atoms with Crippen molar-refractivity contribution in [3.05, 3.63) is 24.3 Å². The number of ether oxygens (including phenoxy) is 2. The van der Waals surface area contributed by atoms with Gasteiger partial charge in [0.2, 0.25) is 0 Å². The lowest BCUT2D eigenvalue weighted by Crippen LogP contribution is -2.43. The van der Waals surface area contributed by atoms with Crippen molar-refractivity contribution < 1.29 is 9.47 Å². The van der Waals surface area contributed by atoms with Gasteiger partial charge in [-0.25, -0.2) is 0 Å². The second-order valence-corrected chi connectivity index (χ2v) is 5.14. The zero-order valence-electron chi connectivity index (χ0n) is 11.3. The first-order valence-corrected chi connectivity index (χ1v) is 6.84. The van der Waals surface area contributed by atoms with E-state index in [0.717, 1.165) is 24.3 Å². The molecular formula is C15H23NO2. The molecule has 1 fully saturated rings. The maximum Gasteiger partial charge on any atom is 0.120 e. The highest BCUT2D eigenvalue weighted by atomic mass is 16.5. The van der Waals surface area contributed by atoms with E-state index in [0.29, 0.717) is 12.5 Å². The first-order valence-electron chi connectivity index (χ1n) is 6.84. The Morgan fingerprint density at radius 1 is 1.17 bits per heavy atom. The number of hydrogen-bond donors (Lipinski definition) is 1. The van der Waals surface area contributed by atoms with Crippen molar-refractivity contribution in [3.8, 4) is 11.5 Å². The molecule has 3 unspecified atom stereocenters. The minimum absolute atomic E-state index is 0.145. The van der Waals surface area contributed by atoms with Crippen molar-refractivity contribution in [2.45, 2.75) is 45.3 Å². The van der Waals surface area contributed by atoms with Crippen LogP contribution < -0.4 is 15.2 Å². The van der Waals surface area contributed by atoms with Crippen LogP contribution in [0, 0.1) is 5.92 Å². The largest absolute Gasteiger partial charge is 0.494 e. The standard InChI is InChI=1S/C15H23NO2/c1-3-17-12-5-7-13(8-6-12)18-15-10-11(2)4-9-14(15)16/h5-8,11,14-15H,3-4,9-10,16H2,1-2H3. The van der Waals surface area contributed by atoms with Crippen LogP contribution in [-0.4, -0.2) is 18.8 Å². The van der Waals surface area contributed by atoms with Gasteiger partial charge < -0.3 is 15.2 Å². The van der Waals surface area contributed by atoms with Crippen LogP contribution in [0.4, 0.5) is 0 Å². The lowest BCUT2D eigenvalue weighted by Gasteiger charge is -2.32. The van der Waals surface area contributed by atoms with Crippen molar-refractivity contribution in [1.82, 2.24) is 0 Å². The van der Waals surface area contributed by atoms with Gasteiger partial charge in [0.25, 0.3) is 0 Å². The highest BCUT2D eigenvalue weighted by Crippen LogP contribution is 2.27. The van der Waals surface area contributed by atoms with Crippen LogP contribution in [0.1, 0.15) is 33.1 Å². The molecule has 2 N–H and O–H groups in total. The molecule has 0 aromatic heterocycles. The first-order chi connectivity index (χ1) is 8.69. The molecular weight excluding hydrogens is 226 g/mol. The average Bonchev–Trinajstić information content (AvgIpc) is 2.37. The van der Waals surface area contributed by atoms with E-state index in [4.69, 9.17) is 15.2 Å². The zero-order chi connectivity index (χ0) is 13.0. The van der Waals surface area contributed by atoms with Gasteiger partial charge in [-0.3, -0.25) is 0 Å². The fourth-order valence-corrected chi connectivity index (χ4v) is 2.44. The summed E-state index contributed by atoms with van der Waals surface area (Å²) in [6.45, 7) is 4.93. The topological polar surface area (TPSA) is 44.5 Å². The van der Waals surface area contributed by atoms with Crippen LogP contribution in [0.5, 0.6) is 11.5 Å². The van der Waals surface area contributed by atoms with Crippen molar-refractivity contribution >= 4 is 0 Å². The number of hydrogen-bond acceptors (Lipinski definition) is 3. The van der Waals surface area contributed by atoms with Gasteiger partial charge >= 0.3 is 0 Å². The molecule has 0 spiro atoms. The highest BCUT2D eigenvalue weighted by Gasteiger charge is 2.27. The molecule has 18 heavy (non-hydrogen) atoms. The molecule has 1 aliphatic carbocycles. The summed E-state index contributed by atoms with van der Waals surface area (Å²) in [6, 6.07) is 7.95. The lowest BCUT2D eigenvalue weighted by molar-refractivity contribution is 0.108. The summed E-state index contributed by atoms with van der Waals surface area (Å²) < 4.78 is 11.4. The van der Waals surface area contributed by atoms with Crippen LogP contribution in [0.15, 0.2) is 24.3 Å². The molecule has 0 amide bonds. The average molecular weight is 249 g/mol. The number of benzene rings is 1. The van der Waals surface area contributed by atoms with Gasteiger partial charge in [-0.05, 0) is 56.4 Å². The van der Waals surface area contributed by atoms with Gasteiger partial charge in [-0.15, -0.1) is 0 Å². The van der Waals surface area contributed by atoms with Crippen LogP contribution in [0.2, 0.25) is 0 Å². The molecule has 0 heterocycles. The van der Waals surface area contributed by atoms with E-state index < -0.39 is 0 Å². The summed E-state index contributed by atoms with van der Waals surface area (Å²) >= 11 is 0. The Balaban J connectivity index is 1.95. The van der Waals surface area contributed by atoms with E-state index in [1.165, 1.54) is 6.42 Å². The Bertz CT molecular complexity index is 363. The van der Waals surface area contributed by atoms with Gasteiger partial charge in [0, 0.05) is 6.04 Å². The van der Waals surface area contributed by atoms with Gasteiger partial charge in [-0.2, -0.15) is 0 Å². The molecule has 1 aliphatic rings. The quantitative estimate of drug-likeness (QED) is 0.892. The molecule has 3 atom stereocenters. The molecule has 1 saturated carbocycles. The minimum Gasteiger partial charge on any atom is -0.494 e. The molecule has 0 aliphatic heterocycles. The second kappa shape index (κ2) is 6.10. The molecule has 0 saturated heterocycles. The molecule has 0 bridgehead atoms. The Morgan fingerprint density at radius 2 is 1.83 bits per heavy atom. The van der Waals surface area contributed by atoms with E-state index in [9.17, 15) is 0 Å².